The Bertz CT molecular complexity index is 1120. The number of imidazole rings is 1. The molecule has 1 aliphatic heterocycles. The van der Waals surface area contributed by atoms with Gasteiger partial charge < -0.3 is 20.2 Å². The fourth-order valence-corrected chi connectivity index (χ4v) is 3.80. The molecule has 8 heteroatoms. The van der Waals surface area contributed by atoms with E-state index in [1.54, 1.807) is 25.1 Å². The smallest absolute Gasteiger partial charge is 0.323 e. The van der Waals surface area contributed by atoms with E-state index in [1.165, 1.54) is 0 Å². The first-order valence-corrected chi connectivity index (χ1v) is 10.0. The lowest BCUT2D eigenvalue weighted by molar-refractivity contribution is -0.120. The molecule has 2 aromatic carbocycles. The molecule has 0 aliphatic carbocycles. The predicted octanol–water partition coefficient (Wildman–Crippen LogP) is 2.21. The molecule has 156 valence electrons. The second-order valence-corrected chi connectivity index (χ2v) is 7.63. The maximum atomic E-state index is 12.7. The molecule has 0 spiro atoms. The van der Waals surface area contributed by atoms with Crippen LogP contribution in [0.25, 0.3) is 11.0 Å². The highest BCUT2D eigenvalue weighted by Gasteiger charge is 2.26. The standard InChI is InChI=1S/C22H25N5O3/c1-14(21(29)23-17-5-8-19-20(13-17)25-22(30)24-19)26-9-11-27(12-10-26)18-6-3-16(4-7-18)15(2)28/h3-8,13-14H,9-12H2,1-2H3,(H,23,29)(H2,24,25,30)/t14-/m1/s1. The molecule has 3 N–H and O–H groups in total. The summed E-state index contributed by atoms with van der Waals surface area (Å²) in [6.07, 6.45) is 0. The number of Topliss-reactive ketones (excluding diaryl/α,β-unsaturated/α-hetero) is 1. The Morgan fingerprint density at radius 1 is 0.967 bits per heavy atom. The SMILES string of the molecule is CC(=O)c1ccc(N2CCN([C@H](C)C(=O)Nc3ccc4[nH]c(=O)[nH]c4c3)CC2)cc1. The van der Waals surface area contributed by atoms with Crippen LogP contribution >= 0.6 is 0 Å². The molecule has 1 aliphatic rings. The topological polar surface area (TPSA) is 101 Å². The highest BCUT2D eigenvalue weighted by atomic mass is 16.2. The van der Waals surface area contributed by atoms with Crippen LogP contribution in [-0.4, -0.2) is 58.8 Å². The molecule has 1 aromatic heterocycles. The van der Waals surface area contributed by atoms with Gasteiger partial charge in [-0.05, 0) is 56.3 Å². The average molecular weight is 407 g/mol. The molecule has 0 radical (unpaired) electrons. The maximum Gasteiger partial charge on any atom is 0.323 e. The monoisotopic (exact) mass is 407 g/mol. The number of piperazine rings is 1. The second-order valence-electron chi connectivity index (χ2n) is 7.63. The summed E-state index contributed by atoms with van der Waals surface area (Å²) in [6.45, 7) is 6.64. The van der Waals surface area contributed by atoms with Gasteiger partial charge in [-0.3, -0.25) is 14.5 Å². The van der Waals surface area contributed by atoms with Crippen LogP contribution in [0.4, 0.5) is 11.4 Å². The van der Waals surface area contributed by atoms with E-state index in [0.717, 1.165) is 31.9 Å². The number of hydrogen-bond donors (Lipinski definition) is 3. The molecule has 1 fully saturated rings. The molecule has 0 bridgehead atoms. The van der Waals surface area contributed by atoms with Gasteiger partial charge in [0.2, 0.25) is 5.91 Å². The van der Waals surface area contributed by atoms with Crippen molar-refractivity contribution in [1.29, 1.82) is 0 Å². The normalized spacial score (nSPS) is 15.9. The number of carbonyl (C=O) groups is 2. The van der Waals surface area contributed by atoms with E-state index in [9.17, 15) is 14.4 Å². The van der Waals surface area contributed by atoms with Crippen LogP contribution in [0.5, 0.6) is 0 Å². The third-order valence-corrected chi connectivity index (χ3v) is 5.66. The molecule has 3 aromatic rings. The first-order chi connectivity index (χ1) is 14.4. The van der Waals surface area contributed by atoms with Crippen LogP contribution in [0.1, 0.15) is 24.2 Å². The van der Waals surface area contributed by atoms with Crippen molar-refractivity contribution in [3.05, 3.63) is 58.5 Å². The number of aromatic amines is 2. The van der Waals surface area contributed by atoms with Crippen molar-refractivity contribution in [2.75, 3.05) is 36.4 Å². The van der Waals surface area contributed by atoms with E-state index in [-0.39, 0.29) is 23.4 Å². The minimum absolute atomic E-state index is 0.0632. The molecule has 1 amide bonds. The zero-order valence-corrected chi connectivity index (χ0v) is 17.1. The molecular formula is C22H25N5O3. The van der Waals surface area contributed by atoms with E-state index >= 15 is 0 Å². The van der Waals surface area contributed by atoms with Crippen molar-refractivity contribution < 1.29 is 9.59 Å². The molecule has 8 nitrogen and oxygen atoms in total. The van der Waals surface area contributed by atoms with Gasteiger partial charge in [0.1, 0.15) is 0 Å². The number of H-pyrrole nitrogens is 2. The summed E-state index contributed by atoms with van der Waals surface area (Å²) < 4.78 is 0. The summed E-state index contributed by atoms with van der Waals surface area (Å²) in [6, 6.07) is 12.7. The van der Waals surface area contributed by atoms with Crippen LogP contribution in [0, 0.1) is 0 Å². The van der Waals surface area contributed by atoms with Gasteiger partial charge in [0, 0.05) is 43.1 Å². The maximum absolute atomic E-state index is 12.7. The molecule has 0 unspecified atom stereocenters. The summed E-state index contributed by atoms with van der Waals surface area (Å²) in [7, 11) is 0. The summed E-state index contributed by atoms with van der Waals surface area (Å²) in [5.74, 6) is -0.0142. The first-order valence-electron chi connectivity index (χ1n) is 10.0. The minimum atomic E-state index is -0.270. The van der Waals surface area contributed by atoms with Crippen LogP contribution in [0.2, 0.25) is 0 Å². The molecule has 30 heavy (non-hydrogen) atoms. The van der Waals surface area contributed by atoms with Crippen LogP contribution in [-0.2, 0) is 4.79 Å². The third-order valence-electron chi connectivity index (χ3n) is 5.66. The fourth-order valence-electron chi connectivity index (χ4n) is 3.80. The van der Waals surface area contributed by atoms with Crippen molar-refractivity contribution in [2.45, 2.75) is 19.9 Å². The summed E-state index contributed by atoms with van der Waals surface area (Å²) >= 11 is 0. The Hall–Kier alpha value is -3.39. The average Bonchev–Trinajstić information content (AvgIpc) is 3.12. The van der Waals surface area contributed by atoms with Gasteiger partial charge in [-0.25, -0.2) is 4.79 Å². The highest BCUT2D eigenvalue weighted by Crippen LogP contribution is 2.19. The van der Waals surface area contributed by atoms with E-state index in [1.807, 2.05) is 31.2 Å². The number of nitrogens with one attached hydrogen (secondary N) is 3. The number of aromatic nitrogens is 2. The Balaban J connectivity index is 1.34. The Labute approximate surface area is 173 Å². The number of rotatable bonds is 5. The van der Waals surface area contributed by atoms with Gasteiger partial charge in [-0.15, -0.1) is 0 Å². The number of benzene rings is 2. The van der Waals surface area contributed by atoms with E-state index in [4.69, 9.17) is 0 Å². The van der Waals surface area contributed by atoms with Crippen LogP contribution < -0.4 is 15.9 Å². The quantitative estimate of drug-likeness (QED) is 0.563. The molecular weight excluding hydrogens is 382 g/mol. The lowest BCUT2D eigenvalue weighted by Crippen LogP contribution is -2.52. The molecule has 4 rings (SSSR count). The zero-order chi connectivity index (χ0) is 21.3. The van der Waals surface area contributed by atoms with Crippen molar-refractivity contribution in [1.82, 2.24) is 14.9 Å². The summed E-state index contributed by atoms with van der Waals surface area (Å²) in [5.41, 5.74) is 3.55. The number of fused-ring (bicyclic) bond motifs is 1. The van der Waals surface area contributed by atoms with Crippen molar-refractivity contribution in [3.8, 4) is 0 Å². The number of anilines is 2. The fraction of sp³-hybridized carbons (Fsp3) is 0.318. The molecule has 2 heterocycles. The van der Waals surface area contributed by atoms with Crippen molar-refractivity contribution in [3.63, 3.8) is 0 Å². The predicted molar refractivity (Wildman–Crippen MR) is 117 cm³/mol. The highest BCUT2D eigenvalue weighted by molar-refractivity contribution is 5.96. The first kappa shape index (κ1) is 19.9. The Morgan fingerprint density at radius 3 is 2.30 bits per heavy atom. The summed E-state index contributed by atoms with van der Waals surface area (Å²) in [5, 5.41) is 2.94. The Morgan fingerprint density at radius 2 is 1.63 bits per heavy atom. The van der Waals surface area contributed by atoms with E-state index < -0.39 is 0 Å². The molecule has 1 saturated heterocycles. The van der Waals surface area contributed by atoms with Gasteiger partial charge in [0.25, 0.3) is 0 Å². The van der Waals surface area contributed by atoms with Crippen LogP contribution in [0.15, 0.2) is 47.3 Å². The van der Waals surface area contributed by atoms with Gasteiger partial charge in [-0.2, -0.15) is 0 Å². The van der Waals surface area contributed by atoms with Crippen molar-refractivity contribution in [2.24, 2.45) is 0 Å². The summed E-state index contributed by atoms with van der Waals surface area (Å²) in [4.78, 5) is 45.4. The zero-order valence-electron chi connectivity index (χ0n) is 17.1. The number of hydrogen-bond acceptors (Lipinski definition) is 5. The third kappa shape index (κ3) is 4.13. The number of nitrogens with zero attached hydrogens (tertiary/aromatic N) is 2. The molecule has 0 saturated carbocycles. The van der Waals surface area contributed by atoms with Gasteiger partial charge in [-0.1, -0.05) is 0 Å². The largest absolute Gasteiger partial charge is 0.369 e. The number of ketones is 1. The van der Waals surface area contributed by atoms with E-state index in [2.05, 4.69) is 25.1 Å². The van der Waals surface area contributed by atoms with Crippen molar-refractivity contribution >= 4 is 34.1 Å². The lowest BCUT2D eigenvalue weighted by atomic mass is 10.1. The van der Waals surface area contributed by atoms with Gasteiger partial charge >= 0.3 is 5.69 Å². The van der Waals surface area contributed by atoms with Gasteiger partial charge in [0.05, 0.1) is 17.1 Å². The molecule has 1 atom stereocenters. The Kier molecular flexibility index (Phi) is 5.41. The minimum Gasteiger partial charge on any atom is -0.369 e. The van der Waals surface area contributed by atoms with E-state index in [0.29, 0.717) is 22.3 Å². The number of carbonyl (C=O) groups excluding carboxylic acids is 2. The number of amides is 1. The van der Waals surface area contributed by atoms with Gasteiger partial charge in [0.15, 0.2) is 5.78 Å². The second kappa shape index (κ2) is 8.16. The lowest BCUT2D eigenvalue weighted by Gasteiger charge is -2.38. The van der Waals surface area contributed by atoms with Crippen LogP contribution in [0.3, 0.4) is 0 Å².